The van der Waals surface area contributed by atoms with Gasteiger partial charge in [0.05, 0.1) is 6.54 Å². The van der Waals surface area contributed by atoms with E-state index in [1.807, 2.05) is 7.05 Å². The lowest BCUT2D eigenvalue weighted by Crippen LogP contribution is -2.50. The first-order chi connectivity index (χ1) is 12.0. The molecule has 1 saturated carbocycles. The Balaban J connectivity index is 1.44. The van der Waals surface area contributed by atoms with Gasteiger partial charge in [0.25, 0.3) is 0 Å². The lowest BCUT2D eigenvalue weighted by molar-refractivity contribution is -0.119. The maximum Gasteiger partial charge on any atom is 0.231 e. The van der Waals surface area contributed by atoms with E-state index in [4.69, 9.17) is 5.73 Å². The third-order valence-corrected chi connectivity index (χ3v) is 5.47. The van der Waals surface area contributed by atoms with Gasteiger partial charge >= 0.3 is 0 Å². The third kappa shape index (κ3) is 5.19. The highest BCUT2D eigenvalue weighted by Gasteiger charge is 2.39. The second kappa shape index (κ2) is 8.19. The average molecular weight is 408 g/mol. The molecule has 1 heterocycles. The summed E-state index contributed by atoms with van der Waals surface area (Å²) in [7, 11) is 1.81. The largest absolute Gasteiger partial charge is 0.369 e. The molecule has 1 amide bonds. The normalized spacial score (nSPS) is 24.8. The van der Waals surface area contributed by atoms with Gasteiger partial charge < -0.3 is 16.4 Å². The second-order valence-electron chi connectivity index (χ2n) is 6.88. The summed E-state index contributed by atoms with van der Waals surface area (Å²) in [6.07, 6.45) is 3.13. The van der Waals surface area contributed by atoms with Gasteiger partial charge in [-0.15, -0.1) is 0 Å². The molecule has 0 spiro atoms. The quantitative estimate of drug-likeness (QED) is 0.509. The topological polar surface area (TPSA) is 82.8 Å². The average Bonchev–Trinajstić information content (AvgIpc) is 3.35. The number of piperidine rings is 1. The van der Waals surface area contributed by atoms with Gasteiger partial charge in [-0.25, -0.2) is 0 Å². The molecule has 3 rings (SSSR count). The van der Waals surface area contributed by atoms with Crippen LogP contribution in [0.5, 0.6) is 0 Å². The van der Waals surface area contributed by atoms with E-state index in [0.29, 0.717) is 24.5 Å². The first kappa shape index (κ1) is 18.2. The Morgan fingerprint density at radius 2 is 1.96 bits per heavy atom. The number of nitrogens with one attached hydrogen (secondary N) is 2. The van der Waals surface area contributed by atoms with Gasteiger partial charge in [-0.3, -0.25) is 14.7 Å². The summed E-state index contributed by atoms with van der Waals surface area (Å²) < 4.78 is 1.11. The molecule has 136 valence electrons. The van der Waals surface area contributed by atoms with E-state index in [1.54, 1.807) is 0 Å². The SMILES string of the molecule is CN=C(NC1CCN(CC(N)=O)CC1)NC1CC1c1ccc(Br)cc1. The minimum absolute atomic E-state index is 0.253. The molecule has 4 N–H and O–H groups in total. The number of rotatable bonds is 5. The molecule has 1 aromatic rings. The number of nitrogens with zero attached hydrogens (tertiary/aromatic N) is 2. The molecule has 0 aromatic heterocycles. The number of halogens is 1. The summed E-state index contributed by atoms with van der Waals surface area (Å²) in [5, 5.41) is 7.05. The number of carbonyl (C=O) groups excluding carboxylic acids is 1. The van der Waals surface area contributed by atoms with Crippen LogP contribution in [0.15, 0.2) is 33.7 Å². The first-order valence-electron chi connectivity index (χ1n) is 8.81. The number of primary amides is 1. The number of carbonyl (C=O) groups is 1. The molecule has 1 aliphatic heterocycles. The van der Waals surface area contributed by atoms with Crippen molar-refractivity contribution < 1.29 is 4.79 Å². The molecule has 0 bridgehead atoms. The van der Waals surface area contributed by atoms with E-state index >= 15 is 0 Å². The van der Waals surface area contributed by atoms with Crippen molar-refractivity contribution in [3.63, 3.8) is 0 Å². The predicted molar refractivity (Wildman–Crippen MR) is 104 cm³/mol. The number of amides is 1. The predicted octanol–water partition coefficient (Wildman–Crippen LogP) is 1.42. The van der Waals surface area contributed by atoms with Gasteiger partial charge in [-0.1, -0.05) is 28.1 Å². The number of likely N-dealkylation sites (tertiary alicyclic amines) is 1. The van der Waals surface area contributed by atoms with Crippen molar-refractivity contribution in [1.29, 1.82) is 0 Å². The molecule has 6 nitrogen and oxygen atoms in total. The summed E-state index contributed by atoms with van der Waals surface area (Å²) >= 11 is 3.48. The van der Waals surface area contributed by atoms with Gasteiger partial charge in [-0.2, -0.15) is 0 Å². The van der Waals surface area contributed by atoms with Crippen LogP contribution in [0.3, 0.4) is 0 Å². The summed E-state index contributed by atoms with van der Waals surface area (Å²) in [5.74, 6) is 1.18. The van der Waals surface area contributed by atoms with E-state index in [9.17, 15) is 4.79 Å². The van der Waals surface area contributed by atoms with Gasteiger partial charge in [0.1, 0.15) is 0 Å². The monoisotopic (exact) mass is 407 g/mol. The number of nitrogens with two attached hydrogens (primary N) is 1. The molecule has 1 saturated heterocycles. The zero-order valence-corrected chi connectivity index (χ0v) is 16.1. The Kier molecular flexibility index (Phi) is 5.96. The molecule has 0 radical (unpaired) electrons. The van der Waals surface area contributed by atoms with Crippen molar-refractivity contribution in [3.05, 3.63) is 34.3 Å². The van der Waals surface area contributed by atoms with E-state index in [2.05, 4.69) is 60.7 Å². The fourth-order valence-corrected chi connectivity index (χ4v) is 3.69. The molecule has 2 fully saturated rings. The van der Waals surface area contributed by atoms with Crippen molar-refractivity contribution in [3.8, 4) is 0 Å². The summed E-state index contributed by atoms with van der Waals surface area (Å²) in [6.45, 7) is 2.14. The molecule has 2 aliphatic rings. The number of hydrogen-bond acceptors (Lipinski definition) is 3. The molecule has 7 heteroatoms. The van der Waals surface area contributed by atoms with Crippen molar-refractivity contribution in [2.45, 2.75) is 37.3 Å². The maximum absolute atomic E-state index is 11.0. The van der Waals surface area contributed by atoms with E-state index in [-0.39, 0.29) is 5.91 Å². The highest BCUT2D eigenvalue weighted by Crippen LogP contribution is 2.41. The smallest absolute Gasteiger partial charge is 0.231 e. The minimum Gasteiger partial charge on any atom is -0.369 e. The fourth-order valence-electron chi connectivity index (χ4n) is 3.43. The number of guanidine groups is 1. The van der Waals surface area contributed by atoms with Crippen LogP contribution in [-0.2, 0) is 4.79 Å². The molecule has 25 heavy (non-hydrogen) atoms. The Bertz CT molecular complexity index is 625. The molecule has 1 aliphatic carbocycles. The highest BCUT2D eigenvalue weighted by atomic mass is 79.9. The second-order valence-corrected chi connectivity index (χ2v) is 7.79. The molecular weight excluding hydrogens is 382 g/mol. The third-order valence-electron chi connectivity index (χ3n) is 4.94. The standard InChI is InChI=1S/C18H26BrN5O/c1-21-18(22-14-6-8-24(9-7-14)11-17(20)25)23-16-10-15(16)12-2-4-13(19)5-3-12/h2-5,14-16H,6-11H2,1H3,(H2,20,25)(H2,21,22,23). The summed E-state index contributed by atoms with van der Waals surface area (Å²) in [6, 6.07) is 9.39. The van der Waals surface area contributed by atoms with Crippen LogP contribution >= 0.6 is 15.9 Å². The lowest BCUT2D eigenvalue weighted by Gasteiger charge is -2.32. The first-order valence-corrected chi connectivity index (χ1v) is 9.60. The van der Waals surface area contributed by atoms with Gasteiger partial charge in [-0.05, 0) is 37.0 Å². The summed E-state index contributed by atoms with van der Waals surface area (Å²) in [5.41, 5.74) is 6.63. The van der Waals surface area contributed by atoms with Crippen LogP contribution in [0.1, 0.15) is 30.7 Å². The Morgan fingerprint density at radius 3 is 2.56 bits per heavy atom. The zero-order chi connectivity index (χ0) is 17.8. The van der Waals surface area contributed by atoms with Crippen molar-refractivity contribution in [1.82, 2.24) is 15.5 Å². The van der Waals surface area contributed by atoms with E-state index < -0.39 is 0 Å². The number of aliphatic imine (C=N–C) groups is 1. The van der Waals surface area contributed by atoms with Crippen molar-refractivity contribution in [2.75, 3.05) is 26.7 Å². The van der Waals surface area contributed by atoms with Crippen LogP contribution in [0.2, 0.25) is 0 Å². The highest BCUT2D eigenvalue weighted by molar-refractivity contribution is 9.10. The van der Waals surface area contributed by atoms with E-state index in [0.717, 1.165) is 42.8 Å². The Labute approximate surface area is 157 Å². The van der Waals surface area contributed by atoms with Gasteiger partial charge in [0, 0.05) is 42.6 Å². The molecule has 2 atom stereocenters. The fraction of sp³-hybridized carbons (Fsp3) is 0.556. The van der Waals surface area contributed by atoms with Crippen LogP contribution in [0.25, 0.3) is 0 Å². The number of hydrogen-bond donors (Lipinski definition) is 3. The van der Waals surface area contributed by atoms with Crippen LogP contribution in [-0.4, -0.2) is 55.5 Å². The van der Waals surface area contributed by atoms with Crippen molar-refractivity contribution in [2.24, 2.45) is 10.7 Å². The minimum atomic E-state index is -0.253. The molecular formula is C18H26BrN5O. The van der Waals surface area contributed by atoms with Crippen molar-refractivity contribution >= 4 is 27.8 Å². The van der Waals surface area contributed by atoms with Crippen LogP contribution < -0.4 is 16.4 Å². The van der Waals surface area contributed by atoms with Crippen LogP contribution in [0.4, 0.5) is 0 Å². The molecule has 1 aromatic carbocycles. The van der Waals surface area contributed by atoms with Gasteiger partial charge in [0.15, 0.2) is 5.96 Å². The van der Waals surface area contributed by atoms with Gasteiger partial charge in [0.2, 0.25) is 5.91 Å². The summed E-state index contributed by atoms with van der Waals surface area (Å²) in [4.78, 5) is 17.5. The Morgan fingerprint density at radius 1 is 1.28 bits per heavy atom. The Hall–Kier alpha value is -1.60. The maximum atomic E-state index is 11.0. The van der Waals surface area contributed by atoms with Crippen LogP contribution in [0, 0.1) is 0 Å². The molecule has 2 unspecified atom stereocenters. The number of benzene rings is 1. The lowest BCUT2D eigenvalue weighted by atomic mass is 10.1. The zero-order valence-electron chi connectivity index (χ0n) is 14.5. The van der Waals surface area contributed by atoms with E-state index in [1.165, 1.54) is 5.56 Å².